The summed E-state index contributed by atoms with van der Waals surface area (Å²) in [6, 6.07) is 0. The van der Waals surface area contributed by atoms with Gasteiger partial charge in [-0.1, -0.05) is 39.5 Å². The number of carbonyl (C=O) groups excluding carboxylic acids is 1. The molecule has 2 atom stereocenters. The maximum atomic E-state index is 11.3. The molecule has 1 fully saturated rings. The maximum Gasteiger partial charge on any atom is 0.309 e. The van der Waals surface area contributed by atoms with Crippen molar-refractivity contribution in [2.45, 2.75) is 52.4 Å². The lowest BCUT2D eigenvalue weighted by Gasteiger charge is -2.16. The normalized spacial score (nSPS) is 23.6. The average molecular weight is 198 g/mol. The van der Waals surface area contributed by atoms with Gasteiger partial charge in [0.05, 0.1) is 12.5 Å². The quantitative estimate of drug-likeness (QED) is 0.613. The lowest BCUT2D eigenvalue weighted by Crippen LogP contribution is -2.13. The molecule has 0 amide bonds. The topological polar surface area (TPSA) is 26.3 Å². The minimum Gasteiger partial charge on any atom is -0.465 e. The van der Waals surface area contributed by atoms with Crippen molar-refractivity contribution in [1.29, 1.82) is 0 Å². The molecule has 0 aromatic rings. The third-order valence-electron chi connectivity index (χ3n) is 3.21. The summed E-state index contributed by atoms with van der Waals surface area (Å²) in [5.41, 5.74) is 0. The van der Waals surface area contributed by atoms with E-state index in [0.29, 0.717) is 6.61 Å². The number of hydrogen-bond acceptors (Lipinski definition) is 2. The summed E-state index contributed by atoms with van der Waals surface area (Å²) in [5.74, 6) is 0.974. The van der Waals surface area contributed by atoms with Crippen LogP contribution < -0.4 is 0 Å². The molecule has 1 saturated heterocycles. The molecule has 1 heterocycles. The van der Waals surface area contributed by atoms with Crippen molar-refractivity contribution >= 4 is 5.97 Å². The second-order valence-corrected chi connectivity index (χ2v) is 4.31. The van der Waals surface area contributed by atoms with Crippen LogP contribution in [0.4, 0.5) is 0 Å². The van der Waals surface area contributed by atoms with Crippen molar-refractivity contribution in [3.63, 3.8) is 0 Å². The Morgan fingerprint density at radius 1 is 1.50 bits per heavy atom. The van der Waals surface area contributed by atoms with Crippen LogP contribution in [0, 0.1) is 11.8 Å². The minimum atomic E-state index is 0.0416. The Morgan fingerprint density at radius 3 is 2.79 bits per heavy atom. The number of unbranched alkanes of at least 4 members (excludes halogenated alkanes) is 1. The van der Waals surface area contributed by atoms with E-state index in [1.807, 2.05) is 0 Å². The Morgan fingerprint density at radius 2 is 2.29 bits per heavy atom. The van der Waals surface area contributed by atoms with Gasteiger partial charge in [0, 0.05) is 0 Å². The predicted octanol–water partition coefficient (Wildman–Crippen LogP) is 3.16. The molecule has 0 saturated carbocycles. The Hall–Kier alpha value is -0.530. The zero-order chi connectivity index (χ0) is 10.4. The first-order valence-electron chi connectivity index (χ1n) is 5.94. The van der Waals surface area contributed by atoms with Crippen LogP contribution in [-0.2, 0) is 9.53 Å². The van der Waals surface area contributed by atoms with Crippen molar-refractivity contribution in [2.75, 3.05) is 6.61 Å². The highest BCUT2D eigenvalue weighted by Crippen LogP contribution is 2.27. The molecule has 0 bridgehead atoms. The first kappa shape index (κ1) is 11.5. The summed E-state index contributed by atoms with van der Waals surface area (Å²) in [4.78, 5) is 11.3. The molecule has 0 aromatic carbocycles. The largest absolute Gasteiger partial charge is 0.465 e. The van der Waals surface area contributed by atoms with Crippen LogP contribution >= 0.6 is 0 Å². The molecule has 0 aliphatic carbocycles. The summed E-state index contributed by atoms with van der Waals surface area (Å²) in [6.07, 6.45) is 7.02. The summed E-state index contributed by atoms with van der Waals surface area (Å²) >= 11 is 0. The van der Waals surface area contributed by atoms with Gasteiger partial charge in [0.15, 0.2) is 0 Å². The molecule has 0 spiro atoms. The summed E-state index contributed by atoms with van der Waals surface area (Å²) in [5, 5.41) is 0. The minimum absolute atomic E-state index is 0.0416. The van der Waals surface area contributed by atoms with E-state index in [-0.39, 0.29) is 11.9 Å². The molecular weight excluding hydrogens is 176 g/mol. The van der Waals surface area contributed by atoms with Crippen LogP contribution in [0.3, 0.4) is 0 Å². The van der Waals surface area contributed by atoms with Gasteiger partial charge in [-0.05, 0) is 18.8 Å². The van der Waals surface area contributed by atoms with Gasteiger partial charge in [0.1, 0.15) is 0 Å². The van der Waals surface area contributed by atoms with E-state index < -0.39 is 0 Å². The van der Waals surface area contributed by atoms with Gasteiger partial charge in [-0.3, -0.25) is 4.79 Å². The maximum absolute atomic E-state index is 11.3. The zero-order valence-corrected chi connectivity index (χ0v) is 9.42. The molecule has 0 aromatic heterocycles. The monoisotopic (exact) mass is 198 g/mol. The van der Waals surface area contributed by atoms with Crippen LogP contribution in [0.15, 0.2) is 0 Å². The summed E-state index contributed by atoms with van der Waals surface area (Å²) in [7, 11) is 0. The van der Waals surface area contributed by atoms with E-state index in [1.54, 1.807) is 0 Å². The van der Waals surface area contributed by atoms with Gasteiger partial charge in [-0.25, -0.2) is 0 Å². The lowest BCUT2D eigenvalue weighted by atomic mass is 9.88. The molecule has 14 heavy (non-hydrogen) atoms. The van der Waals surface area contributed by atoms with E-state index in [2.05, 4.69) is 13.8 Å². The van der Waals surface area contributed by atoms with Crippen molar-refractivity contribution in [2.24, 2.45) is 11.8 Å². The Kier molecular flexibility index (Phi) is 4.99. The highest BCUT2D eigenvalue weighted by Gasteiger charge is 2.28. The number of ether oxygens (including phenoxy) is 1. The molecule has 1 aliphatic rings. The zero-order valence-electron chi connectivity index (χ0n) is 9.42. The van der Waals surface area contributed by atoms with E-state index >= 15 is 0 Å². The molecule has 2 unspecified atom stereocenters. The second-order valence-electron chi connectivity index (χ2n) is 4.31. The van der Waals surface area contributed by atoms with Crippen LogP contribution in [0.2, 0.25) is 0 Å². The van der Waals surface area contributed by atoms with Crippen LogP contribution in [0.25, 0.3) is 0 Å². The molecule has 2 heteroatoms. The van der Waals surface area contributed by atoms with Gasteiger partial charge >= 0.3 is 5.97 Å². The summed E-state index contributed by atoms with van der Waals surface area (Å²) < 4.78 is 4.98. The van der Waals surface area contributed by atoms with E-state index in [1.165, 1.54) is 25.7 Å². The van der Waals surface area contributed by atoms with Gasteiger partial charge in [0.2, 0.25) is 0 Å². The molecule has 1 rings (SSSR count). The Balaban J connectivity index is 2.28. The van der Waals surface area contributed by atoms with Gasteiger partial charge < -0.3 is 4.74 Å². The Bertz CT molecular complexity index is 177. The first-order chi connectivity index (χ1) is 6.77. The molecular formula is C12H22O2. The van der Waals surface area contributed by atoms with Crippen LogP contribution in [0.5, 0.6) is 0 Å². The van der Waals surface area contributed by atoms with Crippen molar-refractivity contribution in [3.05, 3.63) is 0 Å². The summed E-state index contributed by atoms with van der Waals surface area (Å²) in [6.45, 7) is 5.09. The van der Waals surface area contributed by atoms with Crippen molar-refractivity contribution in [1.82, 2.24) is 0 Å². The number of rotatable bonds is 6. The van der Waals surface area contributed by atoms with E-state index in [9.17, 15) is 4.79 Å². The third kappa shape index (κ3) is 3.32. The lowest BCUT2D eigenvalue weighted by molar-refractivity contribution is -0.141. The fourth-order valence-electron chi connectivity index (χ4n) is 2.14. The van der Waals surface area contributed by atoms with Crippen molar-refractivity contribution < 1.29 is 9.53 Å². The molecule has 0 radical (unpaired) electrons. The van der Waals surface area contributed by atoms with Crippen LogP contribution in [0.1, 0.15) is 52.4 Å². The molecule has 1 aliphatic heterocycles. The van der Waals surface area contributed by atoms with Crippen molar-refractivity contribution in [3.8, 4) is 0 Å². The first-order valence-corrected chi connectivity index (χ1v) is 5.94. The third-order valence-corrected chi connectivity index (χ3v) is 3.21. The van der Waals surface area contributed by atoms with Gasteiger partial charge in [0.25, 0.3) is 0 Å². The standard InChI is InChI=1S/C12H22O2/c1-3-5-6-10(4-2)9-11-7-8-14-12(11)13/h10-11H,3-9H2,1-2H3. The van der Waals surface area contributed by atoms with Gasteiger partial charge in [-0.15, -0.1) is 0 Å². The Labute approximate surface area is 87.0 Å². The van der Waals surface area contributed by atoms with Crippen LogP contribution in [-0.4, -0.2) is 12.6 Å². The fraction of sp³-hybridized carbons (Fsp3) is 0.917. The average Bonchev–Trinajstić information content (AvgIpc) is 2.59. The SMILES string of the molecule is CCCCC(CC)CC1CCOC1=O. The second kappa shape index (κ2) is 6.05. The number of hydrogen-bond donors (Lipinski definition) is 0. The molecule has 0 N–H and O–H groups in total. The highest BCUT2D eigenvalue weighted by molar-refractivity contribution is 5.74. The van der Waals surface area contributed by atoms with E-state index in [4.69, 9.17) is 4.74 Å². The predicted molar refractivity (Wildman–Crippen MR) is 57.0 cm³/mol. The van der Waals surface area contributed by atoms with Gasteiger partial charge in [-0.2, -0.15) is 0 Å². The number of cyclic esters (lactones) is 1. The fourth-order valence-corrected chi connectivity index (χ4v) is 2.14. The number of esters is 1. The molecule has 82 valence electrons. The smallest absolute Gasteiger partial charge is 0.309 e. The molecule has 2 nitrogen and oxygen atoms in total. The van der Waals surface area contributed by atoms with E-state index in [0.717, 1.165) is 18.8 Å². The number of carbonyl (C=O) groups is 1. The highest BCUT2D eigenvalue weighted by atomic mass is 16.5.